The van der Waals surface area contributed by atoms with Gasteiger partial charge in [-0.05, 0) is 23.9 Å². The molecule has 0 aliphatic heterocycles. The van der Waals surface area contributed by atoms with Gasteiger partial charge in [-0.3, -0.25) is 9.78 Å². The summed E-state index contributed by atoms with van der Waals surface area (Å²) in [6.07, 6.45) is 1.53. The second kappa shape index (κ2) is 2.81. The number of nitrogens with two attached hydrogens (primary N) is 1. The number of carbonyl (C=O) groups excluding carboxylic acids is 1. The molecule has 0 unspecified atom stereocenters. The largest absolute Gasteiger partial charge is 0.366 e. The van der Waals surface area contributed by atoms with Crippen LogP contribution in [0, 0.1) is 6.92 Å². The summed E-state index contributed by atoms with van der Waals surface area (Å²) in [4.78, 5) is 15.1. The van der Waals surface area contributed by atoms with Gasteiger partial charge in [0.2, 0.25) is 0 Å². The molecule has 0 bridgehead atoms. The number of aromatic nitrogens is 1. The van der Waals surface area contributed by atoms with Gasteiger partial charge < -0.3 is 5.73 Å². The Morgan fingerprint density at radius 3 is 3.08 bits per heavy atom. The molecule has 0 aliphatic rings. The van der Waals surface area contributed by atoms with Crippen LogP contribution in [0.4, 0.5) is 0 Å². The maximum absolute atomic E-state index is 11.0. The van der Waals surface area contributed by atoms with Crippen molar-refractivity contribution in [3.8, 4) is 0 Å². The first kappa shape index (κ1) is 8.19. The van der Waals surface area contributed by atoms with E-state index in [-0.39, 0.29) is 0 Å². The van der Waals surface area contributed by atoms with Crippen molar-refractivity contribution in [2.45, 2.75) is 6.92 Å². The number of fused-ring (bicyclic) bond motifs is 1. The predicted octanol–water partition coefficient (Wildman–Crippen LogP) is 1.70. The summed E-state index contributed by atoms with van der Waals surface area (Å²) < 4.78 is 1.04. The lowest BCUT2D eigenvalue weighted by molar-refractivity contribution is 0.0999. The van der Waals surface area contributed by atoms with E-state index in [9.17, 15) is 4.79 Å². The monoisotopic (exact) mass is 192 g/mol. The average molecular weight is 192 g/mol. The number of amides is 1. The van der Waals surface area contributed by atoms with E-state index in [2.05, 4.69) is 4.98 Å². The van der Waals surface area contributed by atoms with E-state index in [4.69, 9.17) is 5.73 Å². The van der Waals surface area contributed by atoms with Crippen molar-refractivity contribution in [3.05, 3.63) is 28.8 Å². The van der Waals surface area contributed by atoms with E-state index in [0.29, 0.717) is 5.56 Å². The third kappa shape index (κ3) is 1.19. The topological polar surface area (TPSA) is 56.0 Å². The van der Waals surface area contributed by atoms with Crippen molar-refractivity contribution in [2.24, 2.45) is 5.73 Å². The number of carbonyl (C=O) groups is 1. The molecule has 0 fully saturated rings. The van der Waals surface area contributed by atoms with Gasteiger partial charge in [-0.2, -0.15) is 0 Å². The van der Waals surface area contributed by atoms with Gasteiger partial charge in [-0.1, -0.05) is 0 Å². The van der Waals surface area contributed by atoms with E-state index < -0.39 is 5.91 Å². The zero-order valence-electron chi connectivity index (χ0n) is 7.07. The fraction of sp³-hybridized carbons (Fsp3) is 0.111. The number of hydrogen-bond donors (Lipinski definition) is 1. The SMILES string of the molecule is Cc1c(C(N)=O)cnc2ccsc12. The van der Waals surface area contributed by atoms with Gasteiger partial charge in [-0.15, -0.1) is 11.3 Å². The molecule has 2 aromatic heterocycles. The van der Waals surface area contributed by atoms with Crippen molar-refractivity contribution >= 4 is 27.5 Å². The summed E-state index contributed by atoms with van der Waals surface area (Å²) in [7, 11) is 0. The highest BCUT2D eigenvalue weighted by atomic mass is 32.1. The second-order valence-corrected chi connectivity index (χ2v) is 3.71. The second-order valence-electron chi connectivity index (χ2n) is 2.80. The Morgan fingerprint density at radius 1 is 1.62 bits per heavy atom. The molecule has 2 rings (SSSR count). The molecule has 0 aliphatic carbocycles. The Bertz CT molecular complexity index is 475. The van der Waals surface area contributed by atoms with Gasteiger partial charge in [0.1, 0.15) is 0 Å². The Balaban J connectivity index is 2.80. The van der Waals surface area contributed by atoms with Crippen molar-refractivity contribution < 1.29 is 4.79 Å². The van der Waals surface area contributed by atoms with Crippen LogP contribution in [-0.4, -0.2) is 10.9 Å². The third-order valence-electron chi connectivity index (χ3n) is 1.99. The van der Waals surface area contributed by atoms with Gasteiger partial charge in [0.25, 0.3) is 5.91 Å². The molecule has 13 heavy (non-hydrogen) atoms. The minimum absolute atomic E-state index is 0.416. The molecule has 2 N–H and O–H groups in total. The third-order valence-corrected chi connectivity index (χ3v) is 3.01. The summed E-state index contributed by atoms with van der Waals surface area (Å²) >= 11 is 1.58. The van der Waals surface area contributed by atoms with Crippen LogP contribution in [0.25, 0.3) is 10.2 Å². The van der Waals surface area contributed by atoms with E-state index in [1.54, 1.807) is 11.3 Å². The molecule has 4 heteroatoms. The molecule has 0 spiro atoms. The first-order valence-corrected chi connectivity index (χ1v) is 4.70. The summed E-state index contributed by atoms with van der Waals surface area (Å²) in [6.45, 7) is 1.89. The van der Waals surface area contributed by atoms with Crippen molar-refractivity contribution in [3.63, 3.8) is 0 Å². The standard InChI is InChI=1S/C9H8N2OS/c1-5-6(9(10)12)4-11-7-2-3-13-8(5)7/h2-4H,1H3,(H2,10,12). The molecule has 0 atom stereocenters. The van der Waals surface area contributed by atoms with Gasteiger partial charge in [-0.25, -0.2) is 0 Å². The summed E-state index contributed by atoms with van der Waals surface area (Å²) in [6, 6.07) is 1.93. The van der Waals surface area contributed by atoms with Crippen LogP contribution in [0.1, 0.15) is 15.9 Å². The zero-order valence-corrected chi connectivity index (χ0v) is 7.89. The summed E-state index contributed by atoms with van der Waals surface area (Å²) in [5, 5.41) is 1.95. The maximum atomic E-state index is 11.0. The van der Waals surface area contributed by atoms with Gasteiger partial charge in [0.15, 0.2) is 0 Å². The van der Waals surface area contributed by atoms with Crippen molar-refractivity contribution in [1.29, 1.82) is 0 Å². The minimum atomic E-state index is -0.416. The number of nitrogens with zero attached hydrogens (tertiary/aromatic N) is 1. The molecule has 0 radical (unpaired) electrons. The Labute approximate surface area is 79.2 Å². The van der Waals surface area contributed by atoms with Crippen LogP contribution < -0.4 is 5.73 Å². The molecule has 66 valence electrons. The van der Waals surface area contributed by atoms with Crippen LogP contribution in [0.3, 0.4) is 0 Å². The van der Waals surface area contributed by atoms with E-state index >= 15 is 0 Å². The smallest absolute Gasteiger partial charge is 0.250 e. The van der Waals surface area contributed by atoms with Crippen LogP contribution in [-0.2, 0) is 0 Å². The van der Waals surface area contributed by atoms with Crippen LogP contribution in [0.2, 0.25) is 0 Å². The fourth-order valence-corrected chi connectivity index (χ4v) is 2.15. The highest BCUT2D eigenvalue weighted by molar-refractivity contribution is 7.17. The molecular weight excluding hydrogens is 184 g/mol. The number of pyridine rings is 1. The molecule has 0 saturated heterocycles. The lowest BCUT2D eigenvalue weighted by Gasteiger charge is -2.00. The van der Waals surface area contributed by atoms with Gasteiger partial charge in [0.05, 0.1) is 15.8 Å². The Hall–Kier alpha value is -1.42. The van der Waals surface area contributed by atoms with Crippen LogP contribution >= 0.6 is 11.3 Å². The van der Waals surface area contributed by atoms with E-state index in [1.165, 1.54) is 6.20 Å². The maximum Gasteiger partial charge on any atom is 0.250 e. The van der Waals surface area contributed by atoms with Gasteiger partial charge in [0, 0.05) is 6.20 Å². The minimum Gasteiger partial charge on any atom is -0.366 e. The number of hydrogen-bond acceptors (Lipinski definition) is 3. The zero-order chi connectivity index (χ0) is 9.42. The average Bonchev–Trinajstić information content (AvgIpc) is 2.52. The molecule has 3 nitrogen and oxygen atoms in total. The highest BCUT2D eigenvalue weighted by Crippen LogP contribution is 2.24. The normalized spacial score (nSPS) is 10.5. The van der Waals surface area contributed by atoms with Crippen molar-refractivity contribution in [1.82, 2.24) is 4.98 Å². The van der Waals surface area contributed by atoms with E-state index in [0.717, 1.165) is 15.8 Å². The van der Waals surface area contributed by atoms with Gasteiger partial charge >= 0.3 is 0 Å². The molecular formula is C9H8N2OS. The Morgan fingerprint density at radius 2 is 2.38 bits per heavy atom. The van der Waals surface area contributed by atoms with Crippen molar-refractivity contribution in [2.75, 3.05) is 0 Å². The lowest BCUT2D eigenvalue weighted by atomic mass is 10.1. The quantitative estimate of drug-likeness (QED) is 0.747. The fourth-order valence-electron chi connectivity index (χ4n) is 1.29. The molecule has 0 saturated carbocycles. The first-order chi connectivity index (χ1) is 6.20. The first-order valence-electron chi connectivity index (χ1n) is 3.83. The number of aryl methyl sites for hydroxylation is 1. The Kier molecular flexibility index (Phi) is 1.77. The lowest BCUT2D eigenvalue weighted by Crippen LogP contribution is -2.12. The number of thiophene rings is 1. The summed E-state index contributed by atoms with van der Waals surface area (Å²) in [5.41, 5.74) is 7.56. The van der Waals surface area contributed by atoms with Crippen LogP contribution in [0.15, 0.2) is 17.6 Å². The predicted molar refractivity (Wildman–Crippen MR) is 52.9 cm³/mol. The molecule has 1 amide bonds. The number of rotatable bonds is 1. The molecule has 0 aromatic carbocycles. The molecule has 2 heterocycles. The number of primary amides is 1. The molecule has 2 aromatic rings. The van der Waals surface area contributed by atoms with Crippen LogP contribution in [0.5, 0.6) is 0 Å². The highest BCUT2D eigenvalue weighted by Gasteiger charge is 2.09. The van der Waals surface area contributed by atoms with E-state index in [1.807, 2.05) is 18.4 Å². The summed E-state index contributed by atoms with van der Waals surface area (Å²) in [5.74, 6) is -0.416.